The van der Waals surface area contributed by atoms with Gasteiger partial charge in [0.15, 0.2) is 0 Å². The average Bonchev–Trinajstić information content (AvgIpc) is 2.80. The van der Waals surface area contributed by atoms with E-state index in [-0.39, 0.29) is 0 Å². The summed E-state index contributed by atoms with van der Waals surface area (Å²) in [6.45, 7) is 3.41. The highest BCUT2D eigenvalue weighted by atomic mass is 32.2. The van der Waals surface area contributed by atoms with Gasteiger partial charge in [0.2, 0.25) is 0 Å². The second-order valence-corrected chi connectivity index (χ2v) is 3.96. The number of hydrogen-bond acceptors (Lipinski definition) is 3. The molecule has 1 rings (SSSR count). The van der Waals surface area contributed by atoms with Gasteiger partial charge >= 0.3 is 0 Å². The molecule has 1 aliphatic rings. The van der Waals surface area contributed by atoms with Gasteiger partial charge in [0.25, 0.3) is 0 Å². The van der Waals surface area contributed by atoms with E-state index in [0.717, 1.165) is 25.7 Å². The van der Waals surface area contributed by atoms with Crippen molar-refractivity contribution in [2.24, 2.45) is 0 Å². The molecule has 0 heterocycles. The molecule has 1 fully saturated rings. The molecule has 11 heavy (non-hydrogen) atoms. The van der Waals surface area contributed by atoms with Crippen molar-refractivity contribution >= 4 is 11.8 Å². The molecule has 1 saturated carbocycles. The van der Waals surface area contributed by atoms with Crippen LogP contribution in [0.15, 0.2) is 0 Å². The van der Waals surface area contributed by atoms with Crippen molar-refractivity contribution in [1.29, 1.82) is 0 Å². The van der Waals surface area contributed by atoms with Crippen molar-refractivity contribution in [1.82, 2.24) is 10.6 Å². The molecule has 0 aliphatic heterocycles. The summed E-state index contributed by atoms with van der Waals surface area (Å²) in [5.74, 6) is 1.23. The SMILES string of the molecule is CSCCNCCNC1CC1. The third-order valence-electron chi connectivity index (χ3n) is 1.80. The fraction of sp³-hybridized carbons (Fsp3) is 1.00. The van der Waals surface area contributed by atoms with Crippen LogP contribution >= 0.6 is 11.8 Å². The minimum absolute atomic E-state index is 0.859. The zero-order valence-electron chi connectivity index (χ0n) is 7.23. The lowest BCUT2D eigenvalue weighted by Gasteiger charge is -2.03. The molecule has 0 aromatic carbocycles. The highest BCUT2D eigenvalue weighted by molar-refractivity contribution is 7.98. The van der Waals surface area contributed by atoms with Crippen LogP contribution in [0.5, 0.6) is 0 Å². The molecule has 0 bridgehead atoms. The smallest absolute Gasteiger partial charge is 0.00793 e. The van der Waals surface area contributed by atoms with Crippen molar-refractivity contribution < 1.29 is 0 Å². The Balaban J connectivity index is 1.66. The van der Waals surface area contributed by atoms with Gasteiger partial charge in [-0.05, 0) is 19.1 Å². The largest absolute Gasteiger partial charge is 0.315 e. The van der Waals surface area contributed by atoms with E-state index < -0.39 is 0 Å². The van der Waals surface area contributed by atoms with Crippen LogP contribution in [0.3, 0.4) is 0 Å². The zero-order chi connectivity index (χ0) is 7.94. The van der Waals surface area contributed by atoms with Crippen LogP contribution in [0.1, 0.15) is 12.8 Å². The number of hydrogen-bond donors (Lipinski definition) is 2. The first-order chi connectivity index (χ1) is 5.43. The van der Waals surface area contributed by atoms with Crippen molar-refractivity contribution in [2.45, 2.75) is 18.9 Å². The lowest BCUT2D eigenvalue weighted by Crippen LogP contribution is -2.29. The summed E-state index contributed by atoms with van der Waals surface area (Å²) < 4.78 is 0. The summed E-state index contributed by atoms with van der Waals surface area (Å²) in [4.78, 5) is 0. The molecule has 0 spiro atoms. The fourth-order valence-electron chi connectivity index (χ4n) is 0.951. The Kier molecular flexibility index (Phi) is 4.99. The molecular formula is C8H18N2S. The molecule has 0 aromatic rings. The van der Waals surface area contributed by atoms with E-state index in [4.69, 9.17) is 0 Å². The molecule has 1 aliphatic carbocycles. The van der Waals surface area contributed by atoms with Gasteiger partial charge in [-0.1, -0.05) is 0 Å². The first-order valence-electron chi connectivity index (χ1n) is 4.36. The van der Waals surface area contributed by atoms with E-state index in [1.54, 1.807) is 0 Å². The quantitative estimate of drug-likeness (QED) is 0.555. The predicted octanol–water partition coefficient (Wildman–Crippen LogP) is 0.691. The molecule has 66 valence electrons. The lowest BCUT2D eigenvalue weighted by atomic mass is 10.5. The first kappa shape index (κ1) is 9.36. The van der Waals surface area contributed by atoms with Gasteiger partial charge in [0, 0.05) is 31.4 Å². The van der Waals surface area contributed by atoms with Gasteiger partial charge < -0.3 is 10.6 Å². The van der Waals surface area contributed by atoms with Gasteiger partial charge in [-0.2, -0.15) is 11.8 Å². The van der Waals surface area contributed by atoms with Crippen molar-refractivity contribution in [2.75, 3.05) is 31.6 Å². The van der Waals surface area contributed by atoms with E-state index >= 15 is 0 Å². The average molecular weight is 174 g/mol. The Hall–Kier alpha value is 0.270. The van der Waals surface area contributed by atoms with Gasteiger partial charge in [0.05, 0.1) is 0 Å². The Morgan fingerprint density at radius 2 is 2.09 bits per heavy atom. The Morgan fingerprint density at radius 1 is 1.27 bits per heavy atom. The number of nitrogens with one attached hydrogen (secondary N) is 2. The van der Waals surface area contributed by atoms with Crippen LogP contribution in [0, 0.1) is 0 Å². The second-order valence-electron chi connectivity index (χ2n) is 2.97. The third-order valence-corrected chi connectivity index (χ3v) is 2.41. The molecule has 2 N–H and O–H groups in total. The van der Waals surface area contributed by atoms with Crippen molar-refractivity contribution in [3.8, 4) is 0 Å². The van der Waals surface area contributed by atoms with E-state index in [2.05, 4.69) is 16.9 Å². The summed E-state index contributed by atoms with van der Waals surface area (Å²) in [6.07, 6.45) is 4.93. The Bertz CT molecular complexity index is 94.1. The summed E-state index contributed by atoms with van der Waals surface area (Å²) in [5, 5.41) is 6.85. The summed E-state index contributed by atoms with van der Waals surface area (Å²) in [6, 6.07) is 0.859. The molecule has 0 aromatic heterocycles. The van der Waals surface area contributed by atoms with Crippen LogP contribution in [0.25, 0.3) is 0 Å². The number of rotatable bonds is 7. The van der Waals surface area contributed by atoms with Crippen molar-refractivity contribution in [3.05, 3.63) is 0 Å². The predicted molar refractivity (Wildman–Crippen MR) is 52.3 cm³/mol. The molecule has 0 saturated heterocycles. The minimum atomic E-state index is 0.859. The molecule has 0 atom stereocenters. The van der Waals surface area contributed by atoms with E-state index in [9.17, 15) is 0 Å². The van der Waals surface area contributed by atoms with Crippen LogP contribution < -0.4 is 10.6 Å². The van der Waals surface area contributed by atoms with Gasteiger partial charge in [0.1, 0.15) is 0 Å². The Morgan fingerprint density at radius 3 is 2.73 bits per heavy atom. The molecule has 3 heteroatoms. The summed E-state index contributed by atoms with van der Waals surface area (Å²) in [7, 11) is 0. The Labute approximate surface area is 73.5 Å². The third kappa shape index (κ3) is 5.53. The molecule has 2 nitrogen and oxygen atoms in total. The summed E-state index contributed by atoms with van der Waals surface area (Å²) in [5.41, 5.74) is 0. The van der Waals surface area contributed by atoms with Crippen LogP contribution in [0.4, 0.5) is 0 Å². The maximum Gasteiger partial charge on any atom is 0.00793 e. The highest BCUT2D eigenvalue weighted by Gasteiger charge is 2.19. The molecular weight excluding hydrogens is 156 g/mol. The van der Waals surface area contributed by atoms with E-state index in [0.29, 0.717) is 0 Å². The summed E-state index contributed by atoms with van der Waals surface area (Å²) >= 11 is 1.90. The van der Waals surface area contributed by atoms with Crippen LogP contribution in [-0.4, -0.2) is 37.7 Å². The molecule has 0 radical (unpaired) electrons. The zero-order valence-corrected chi connectivity index (χ0v) is 8.04. The maximum atomic E-state index is 3.46. The standard InChI is InChI=1S/C8H18N2S/c1-11-7-6-9-4-5-10-8-2-3-8/h8-10H,2-7H2,1H3. The highest BCUT2D eigenvalue weighted by Crippen LogP contribution is 2.17. The monoisotopic (exact) mass is 174 g/mol. The van der Waals surface area contributed by atoms with Gasteiger partial charge in [-0.3, -0.25) is 0 Å². The van der Waals surface area contributed by atoms with Crippen LogP contribution in [-0.2, 0) is 0 Å². The van der Waals surface area contributed by atoms with Gasteiger partial charge in [-0.25, -0.2) is 0 Å². The van der Waals surface area contributed by atoms with E-state index in [1.165, 1.54) is 18.6 Å². The van der Waals surface area contributed by atoms with Gasteiger partial charge in [-0.15, -0.1) is 0 Å². The number of thioether (sulfide) groups is 1. The lowest BCUT2D eigenvalue weighted by molar-refractivity contribution is 0.624. The molecule has 0 unspecified atom stereocenters. The fourth-order valence-corrected chi connectivity index (χ4v) is 1.30. The maximum absolute atomic E-state index is 3.46. The van der Waals surface area contributed by atoms with E-state index in [1.807, 2.05) is 11.8 Å². The van der Waals surface area contributed by atoms with Crippen LogP contribution in [0.2, 0.25) is 0 Å². The second kappa shape index (κ2) is 5.86. The minimum Gasteiger partial charge on any atom is -0.315 e. The van der Waals surface area contributed by atoms with Crippen molar-refractivity contribution in [3.63, 3.8) is 0 Å². The first-order valence-corrected chi connectivity index (χ1v) is 5.76. The normalized spacial score (nSPS) is 17.2. The molecule has 0 amide bonds. The topological polar surface area (TPSA) is 24.1 Å².